The normalized spacial score (nSPS) is 11.4. The molecule has 0 bridgehead atoms. The van der Waals surface area contributed by atoms with Crippen molar-refractivity contribution in [1.82, 2.24) is 10.6 Å². The molecule has 27 heavy (non-hydrogen) atoms. The number of benzene rings is 2. The number of amides is 3. The van der Waals surface area contributed by atoms with Crippen LogP contribution in [-0.2, 0) is 20.8 Å². The highest BCUT2D eigenvalue weighted by Gasteiger charge is 2.12. The smallest absolute Gasteiger partial charge is 0.239 e. The summed E-state index contributed by atoms with van der Waals surface area (Å²) in [4.78, 5) is 35.1. The van der Waals surface area contributed by atoms with Crippen molar-refractivity contribution in [1.29, 1.82) is 0 Å². The third kappa shape index (κ3) is 6.89. The second kappa shape index (κ2) is 9.47. The summed E-state index contributed by atoms with van der Waals surface area (Å²) in [6, 6.07) is 12.6. The Hall–Kier alpha value is -3.22. The summed E-state index contributed by atoms with van der Waals surface area (Å²) in [6.07, 6.45) is -0.000640. The Morgan fingerprint density at radius 3 is 2.48 bits per heavy atom. The van der Waals surface area contributed by atoms with E-state index in [0.717, 1.165) is 5.56 Å². The fourth-order valence-corrected chi connectivity index (χ4v) is 2.54. The Balaban J connectivity index is 1.82. The third-order valence-corrected chi connectivity index (χ3v) is 3.78. The highest BCUT2D eigenvalue weighted by molar-refractivity contribution is 5.89. The molecule has 6 nitrogen and oxygen atoms in total. The predicted molar refractivity (Wildman–Crippen MR) is 100 cm³/mol. The molecular weight excluding hydrogens is 349 g/mol. The molecule has 0 saturated heterocycles. The maximum Gasteiger partial charge on any atom is 0.239 e. The van der Waals surface area contributed by atoms with Crippen LogP contribution >= 0.6 is 0 Å². The first kappa shape index (κ1) is 20.1. The van der Waals surface area contributed by atoms with Crippen molar-refractivity contribution in [2.75, 3.05) is 11.9 Å². The maximum atomic E-state index is 13.1. The molecule has 0 heterocycles. The van der Waals surface area contributed by atoms with Crippen molar-refractivity contribution < 1.29 is 18.8 Å². The van der Waals surface area contributed by atoms with E-state index >= 15 is 0 Å². The average Bonchev–Trinajstić information content (AvgIpc) is 2.59. The first-order chi connectivity index (χ1) is 12.8. The zero-order valence-corrected chi connectivity index (χ0v) is 15.2. The van der Waals surface area contributed by atoms with Gasteiger partial charge in [0.25, 0.3) is 0 Å². The number of anilines is 1. The molecule has 0 aliphatic carbocycles. The van der Waals surface area contributed by atoms with Crippen molar-refractivity contribution in [2.24, 2.45) is 0 Å². The van der Waals surface area contributed by atoms with Gasteiger partial charge in [-0.1, -0.05) is 24.3 Å². The van der Waals surface area contributed by atoms with Crippen LogP contribution in [0.4, 0.5) is 10.1 Å². The van der Waals surface area contributed by atoms with Crippen LogP contribution in [0.25, 0.3) is 0 Å². The topological polar surface area (TPSA) is 87.3 Å². The Morgan fingerprint density at radius 1 is 1.04 bits per heavy atom. The van der Waals surface area contributed by atoms with Crippen LogP contribution in [-0.4, -0.2) is 24.3 Å². The van der Waals surface area contributed by atoms with Gasteiger partial charge in [-0.05, 0) is 42.3 Å². The summed E-state index contributed by atoms with van der Waals surface area (Å²) in [5.41, 5.74) is 2.00. The number of halogens is 1. The monoisotopic (exact) mass is 371 g/mol. The summed E-state index contributed by atoms with van der Waals surface area (Å²) in [5, 5.41) is 7.98. The largest absolute Gasteiger partial charge is 0.348 e. The van der Waals surface area contributed by atoms with Crippen LogP contribution in [0.3, 0.4) is 0 Å². The van der Waals surface area contributed by atoms with Gasteiger partial charge in [0.2, 0.25) is 17.7 Å². The Bertz CT molecular complexity index is 839. The molecule has 7 heteroatoms. The molecule has 1 unspecified atom stereocenters. The van der Waals surface area contributed by atoms with Gasteiger partial charge >= 0.3 is 0 Å². The molecule has 3 N–H and O–H groups in total. The molecule has 142 valence electrons. The lowest BCUT2D eigenvalue weighted by molar-refractivity contribution is -0.126. The first-order valence-electron chi connectivity index (χ1n) is 8.51. The SMILES string of the molecule is CC(=O)Nc1cccc(C(C)NC(=O)CNC(=O)Cc2cccc(F)c2)c1. The van der Waals surface area contributed by atoms with Crippen LogP contribution in [0.2, 0.25) is 0 Å². The van der Waals surface area contributed by atoms with Gasteiger partial charge in [0.15, 0.2) is 0 Å². The minimum Gasteiger partial charge on any atom is -0.348 e. The fourth-order valence-electron chi connectivity index (χ4n) is 2.54. The first-order valence-corrected chi connectivity index (χ1v) is 8.51. The lowest BCUT2D eigenvalue weighted by Crippen LogP contribution is -2.38. The molecule has 0 aliphatic heterocycles. The fraction of sp³-hybridized carbons (Fsp3) is 0.250. The van der Waals surface area contributed by atoms with Gasteiger partial charge in [0.1, 0.15) is 5.82 Å². The number of nitrogens with one attached hydrogen (secondary N) is 3. The van der Waals surface area contributed by atoms with E-state index in [4.69, 9.17) is 0 Å². The molecule has 0 saturated carbocycles. The number of hydrogen-bond donors (Lipinski definition) is 3. The highest BCUT2D eigenvalue weighted by atomic mass is 19.1. The van der Waals surface area contributed by atoms with Crippen molar-refractivity contribution in [2.45, 2.75) is 26.3 Å². The highest BCUT2D eigenvalue weighted by Crippen LogP contribution is 2.17. The molecule has 0 radical (unpaired) electrons. The quantitative estimate of drug-likeness (QED) is 0.698. The van der Waals surface area contributed by atoms with Crippen LogP contribution < -0.4 is 16.0 Å². The summed E-state index contributed by atoms with van der Waals surface area (Å²) < 4.78 is 13.1. The van der Waals surface area contributed by atoms with Gasteiger partial charge in [-0.15, -0.1) is 0 Å². The van der Waals surface area contributed by atoms with E-state index in [1.807, 2.05) is 6.07 Å². The molecule has 1 atom stereocenters. The summed E-state index contributed by atoms with van der Waals surface area (Å²) >= 11 is 0. The molecule has 2 aromatic rings. The molecule has 0 fully saturated rings. The van der Waals surface area contributed by atoms with E-state index in [1.54, 1.807) is 31.2 Å². The van der Waals surface area contributed by atoms with Crippen LogP contribution in [0.1, 0.15) is 31.0 Å². The van der Waals surface area contributed by atoms with E-state index in [0.29, 0.717) is 11.3 Å². The molecule has 0 spiro atoms. The van der Waals surface area contributed by atoms with Gasteiger partial charge in [-0.25, -0.2) is 4.39 Å². The van der Waals surface area contributed by atoms with Gasteiger partial charge in [0, 0.05) is 12.6 Å². The number of hydrogen-bond acceptors (Lipinski definition) is 3. The van der Waals surface area contributed by atoms with Gasteiger partial charge in [-0.2, -0.15) is 0 Å². The van der Waals surface area contributed by atoms with Gasteiger partial charge < -0.3 is 16.0 Å². The summed E-state index contributed by atoms with van der Waals surface area (Å²) in [7, 11) is 0. The van der Waals surface area contributed by atoms with E-state index in [1.165, 1.54) is 25.1 Å². The van der Waals surface area contributed by atoms with E-state index in [-0.39, 0.29) is 36.7 Å². The predicted octanol–water partition coefficient (Wildman–Crippen LogP) is 2.32. The third-order valence-electron chi connectivity index (χ3n) is 3.78. The van der Waals surface area contributed by atoms with E-state index in [2.05, 4.69) is 16.0 Å². The number of rotatable bonds is 7. The lowest BCUT2D eigenvalue weighted by atomic mass is 10.1. The summed E-state index contributed by atoms with van der Waals surface area (Å²) in [5.74, 6) is -1.30. The van der Waals surface area contributed by atoms with Crippen molar-refractivity contribution in [3.63, 3.8) is 0 Å². The minimum absolute atomic E-state index is 0.000640. The molecule has 3 amide bonds. The lowest BCUT2D eigenvalue weighted by Gasteiger charge is -2.16. The molecule has 2 rings (SSSR count). The zero-order chi connectivity index (χ0) is 19.8. The van der Waals surface area contributed by atoms with Gasteiger partial charge in [-0.3, -0.25) is 14.4 Å². The standard InChI is InChI=1S/C20H22FN3O3/c1-13(16-6-4-8-18(11-16)24-14(2)25)23-20(27)12-22-19(26)10-15-5-3-7-17(21)9-15/h3-9,11,13H,10,12H2,1-2H3,(H,22,26)(H,23,27)(H,24,25). The van der Waals surface area contributed by atoms with Crippen LogP contribution in [0, 0.1) is 5.82 Å². The number of carbonyl (C=O) groups excluding carboxylic acids is 3. The van der Waals surface area contributed by atoms with Crippen molar-refractivity contribution in [3.8, 4) is 0 Å². The zero-order valence-electron chi connectivity index (χ0n) is 15.2. The molecule has 0 aromatic heterocycles. The second-order valence-electron chi connectivity index (χ2n) is 6.18. The Morgan fingerprint density at radius 2 is 1.78 bits per heavy atom. The van der Waals surface area contributed by atoms with Crippen LogP contribution in [0.5, 0.6) is 0 Å². The van der Waals surface area contributed by atoms with E-state index in [9.17, 15) is 18.8 Å². The maximum absolute atomic E-state index is 13.1. The minimum atomic E-state index is -0.409. The van der Waals surface area contributed by atoms with Crippen LogP contribution in [0.15, 0.2) is 48.5 Å². The number of carbonyl (C=O) groups is 3. The molecular formula is C20H22FN3O3. The second-order valence-corrected chi connectivity index (χ2v) is 6.18. The molecule has 2 aromatic carbocycles. The Kier molecular flexibility index (Phi) is 7.05. The Labute approximate surface area is 157 Å². The average molecular weight is 371 g/mol. The van der Waals surface area contributed by atoms with E-state index < -0.39 is 5.82 Å². The molecule has 0 aliphatic rings. The van der Waals surface area contributed by atoms with Crippen molar-refractivity contribution in [3.05, 3.63) is 65.5 Å². The van der Waals surface area contributed by atoms with Gasteiger partial charge in [0.05, 0.1) is 19.0 Å². The summed E-state index contributed by atoms with van der Waals surface area (Å²) in [6.45, 7) is 3.05. The van der Waals surface area contributed by atoms with Crippen molar-refractivity contribution >= 4 is 23.4 Å².